The number of piperazine rings is 1. The van der Waals surface area contributed by atoms with E-state index in [0.29, 0.717) is 25.1 Å². The van der Waals surface area contributed by atoms with Crippen molar-refractivity contribution >= 4 is 17.6 Å². The van der Waals surface area contributed by atoms with Gasteiger partial charge in [-0.3, -0.25) is 9.59 Å². The Morgan fingerprint density at radius 3 is 2.95 bits per heavy atom. The summed E-state index contributed by atoms with van der Waals surface area (Å²) in [5.41, 5.74) is 0.567. The summed E-state index contributed by atoms with van der Waals surface area (Å²) in [5, 5.41) is 2.80. The number of rotatable bonds is 3. The van der Waals surface area contributed by atoms with Crippen molar-refractivity contribution < 1.29 is 9.59 Å². The van der Waals surface area contributed by atoms with Crippen LogP contribution in [0, 0.1) is 0 Å². The smallest absolute Gasteiger partial charge is 0.254 e. The van der Waals surface area contributed by atoms with Crippen LogP contribution in [0.1, 0.15) is 23.7 Å². The average Bonchev–Trinajstić information content (AvgIpc) is 2.46. The second-order valence-corrected chi connectivity index (χ2v) is 5.01. The van der Waals surface area contributed by atoms with Crippen molar-refractivity contribution in [3.05, 3.63) is 23.9 Å². The summed E-state index contributed by atoms with van der Waals surface area (Å²) in [6, 6.07) is 3.06. The Labute approximate surface area is 118 Å². The Morgan fingerprint density at radius 2 is 2.30 bits per heavy atom. The molecule has 2 rings (SSSR count). The Hall–Kier alpha value is -2.11. The maximum Gasteiger partial charge on any atom is 0.254 e. The van der Waals surface area contributed by atoms with E-state index in [1.165, 1.54) is 0 Å². The molecule has 2 heterocycles. The highest BCUT2D eigenvalue weighted by Crippen LogP contribution is 2.16. The van der Waals surface area contributed by atoms with E-state index >= 15 is 0 Å². The minimum absolute atomic E-state index is 0.0750. The molecule has 1 aromatic rings. The molecule has 1 N–H and O–H groups in total. The maximum absolute atomic E-state index is 12.6. The number of aromatic nitrogens is 1. The van der Waals surface area contributed by atoms with Gasteiger partial charge >= 0.3 is 0 Å². The fourth-order valence-corrected chi connectivity index (χ4v) is 2.33. The predicted octanol–water partition coefficient (Wildman–Crippen LogP) is 0.498. The molecule has 0 radical (unpaired) electrons. The summed E-state index contributed by atoms with van der Waals surface area (Å²) in [7, 11) is 3.75. The summed E-state index contributed by atoms with van der Waals surface area (Å²) < 4.78 is 0. The number of carbonyl (C=O) groups excluding carboxylic acids is 2. The third-order valence-electron chi connectivity index (χ3n) is 3.43. The molecule has 0 bridgehead atoms. The van der Waals surface area contributed by atoms with Gasteiger partial charge in [0.2, 0.25) is 5.91 Å². The van der Waals surface area contributed by atoms with Crippen LogP contribution in [0.15, 0.2) is 18.3 Å². The van der Waals surface area contributed by atoms with Crippen LogP contribution >= 0.6 is 0 Å². The van der Waals surface area contributed by atoms with Crippen LogP contribution in [0.25, 0.3) is 0 Å². The van der Waals surface area contributed by atoms with E-state index in [-0.39, 0.29) is 17.9 Å². The molecule has 108 valence electrons. The molecule has 0 aromatic carbocycles. The van der Waals surface area contributed by atoms with Gasteiger partial charge in [0, 0.05) is 38.9 Å². The van der Waals surface area contributed by atoms with Crippen LogP contribution in [0.2, 0.25) is 0 Å². The number of nitrogens with one attached hydrogen (secondary N) is 1. The van der Waals surface area contributed by atoms with Crippen LogP contribution in [0.5, 0.6) is 0 Å². The maximum atomic E-state index is 12.6. The molecule has 1 aliphatic heterocycles. The van der Waals surface area contributed by atoms with Crippen molar-refractivity contribution in [2.75, 3.05) is 32.1 Å². The summed E-state index contributed by atoms with van der Waals surface area (Å²) in [5.74, 6) is 0.538. The van der Waals surface area contributed by atoms with Crippen LogP contribution < -0.4 is 10.2 Å². The van der Waals surface area contributed by atoms with Crippen LogP contribution in [0.3, 0.4) is 0 Å². The highest BCUT2D eigenvalue weighted by molar-refractivity contribution is 5.98. The fraction of sp³-hybridized carbons (Fsp3) is 0.500. The van der Waals surface area contributed by atoms with E-state index in [2.05, 4.69) is 10.3 Å². The highest BCUT2D eigenvalue weighted by Gasteiger charge is 2.32. The van der Waals surface area contributed by atoms with E-state index in [4.69, 9.17) is 0 Å². The summed E-state index contributed by atoms with van der Waals surface area (Å²) in [6.45, 7) is 2.96. The van der Waals surface area contributed by atoms with Gasteiger partial charge in [-0.15, -0.1) is 0 Å². The number of anilines is 1. The van der Waals surface area contributed by atoms with Gasteiger partial charge in [-0.2, -0.15) is 0 Å². The lowest BCUT2D eigenvalue weighted by atomic mass is 10.1. The Bertz CT molecular complexity index is 516. The molecule has 6 heteroatoms. The van der Waals surface area contributed by atoms with Gasteiger partial charge in [-0.25, -0.2) is 4.98 Å². The molecule has 0 spiro atoms. The standard InChI is InChI=1S/C14H20N4O2/c1-4-11-13(19)16-7-8-18(11)14(20)10-5-6-15-12(9-10)17(2)3/h5-6,9,11H,4,7-8H2,1-3H3,(H,16,19). The van der Waals surface area contributed by atoms with E-state index in [0.717, 1.165) is 5.82 Å². The van der Waals surface area contributed by atoms with Gasteiger partial charge in [-0.05, 0) is 18.6 Å². The highest BCUT2D eigenvalue weighted by atomic mass is 16.2. The number of hydrogen-bond acceptors (Lipinski definition) is 4. The number of pyridine rings is 1. The first-order valence-corrected chi connectivity index (χ1v) is 6.76. The Balaban J connectivity index is 2.25. The molecule has 2 amide bonds. The van der Waals surface area contributed by atoms with E-state index in [1.807, 2.05) is 25.9 Å². The normalized spacial score (nSPS) is 18.6. The zero-order valence-corrected chi connectivity index (χ0v) is 12.1. The lowest BCUT2D eigenvalue weighted by Gasteiger charge is -2.34. The van der Waals surface area contributed by atoms with Crippen molar-refractivity contribution in [2.24, 2.45) is 0 Å². The Kier molecular flexibility index (Phi) is 4.22. The van der Waals surface area contributed by atoms with E-state index < -0.39 is 0 Å². The second kappa shape index (κ2) is 5.90. The van der Waals surface area contributed by atoms with E-state index in [1.54, 1.807) is 23.2 Å². The molecule has 1 aromatic heterocycles. The van der Waals surface area contributed by atoms with Crippen molar-refractivity contribution in [3.63, 3.8) is 0 Å². The summed E-state index contributed by atoms with van der Waals surface area (Å²) >= 11 is 0. The summed E-state index contributed by atoms with van der Waals surface area (Å²) in [4.78, 5) is 32.1. The van der Waals surface area contributed by atoms with Gasteiger partial charge in [0.25, 0.3) is 5.91 Å². The topological polar surface area (TPSA) is 65.5 Å². The number of carbonyl (C=O) groups is 2. The molecule has 1 saturated heterocycles. The molecule has 1 unspecified atom stereocenters. The lowest BCUT2D eigenvalue weighted by Crippen LogP contribution is -2.56. The van der Waals surface area contributed by atoms with Crippen molar-refractivity contribution in [3.8, 4) is 0 Å². The molecule has 1 fully saturated rings. The predicted molar refractivity (Wildman–Crippen MR) is 76.7 cm³/mol. The first-order chi connectivity index (χ1) is 9.54. The fourth-order valence-electron chi connectivity index (χ4n) is 2.33. The van der Waals surface area contributed by atoms with Gasteiger partial charge in [-0.1, -0.05) is 6.92 Å². The molecular formula is C14H20N4O2. The Morgan fingerprint density at radius 1 is 1.55 bits per heavy atom. The zero-order chi connectivity index (χ0) is 14.7. The molecule has 6 nitrogen and oxygen atoms in total. The van der Waals surface area contributed by atoms with Crippen LogP contribution in [-0.2, 0) is 4.79 Å². The van der Waals surface area contributed by atoms with Gasteiger partial charge in [0.1, 0.15) is 11.9 Å². The van der Waals surface area contributed by atoms with Crippen molar-refractivity contribution in [1.29, 1.82) is 0 Å². The number of hydrogen-bond donors (Lipinski definition) is 1. The monoisotopic (exact) mass is 276 g/mol. The second-order valence-electron chi connectivity index (χ2n) is 5.01. The van der Waals surface area contributed by atoms with Crippen molar-refractivity contribution in [1.82, 2.24) is 15.2 Å². The molecule has 1 aliphatic rings. The molecule has 0 saturated carbocycles. The molecule has 20 heavy (non-hydrogen) atoms. The number of nitrogens with zero attached hydrogens (tertiary/aromatic N) is 3. The average molecular weight is 276 g/mol. The molecule has 1 atom stereocenters. The summed E-state index contributed by atoms with van der Waals surface area (Å²) in [6.07, 6.45) is 2.23. The van der Waals surface area contributed by atoms with Gasteiger partial charge in [0.05, 0.1) is 0 Å². The third kappa shape index (κ3) is 2.74. The largest absolute Gasteiger partial charge is 0.363 e. The zero-order valence-electron chi connectivity index (χ0n) is 12.1. The third-order valence-corrected chi connectivity index (χ3v) is 3.43. The van der Waals surface area contributed by atoms with Crippen LogP contribution in [0.4, 0.5) is 5.82 Å². The van der Waals surface area contributed by atoms with Crippen LogP contribution in [-0.4, -0.2) is 54.9 Å². The number of amides is 2. The minimum atomic E-state index is -0.382. The van der Waals surface area contributed by atoms with Gasteiger partial charge < -0.3 is 15.1 Å². The first kappa shape index (κ1) is 14.3. The van der Waals surface area contributed by atoms with Gasteiger partial charge in [0.15, 0.2) is 0 Å². The minimum Gasteiger partial charge on any atom is -0.363 e. The first-order valence-electron chi connectivity index (χ1n) is 6.76. The van der Waals surface area contributed by atoms with Crippen molar-refractivity contribution in [2.45, 2.75) is 19.4 Å². The van der Waals surface area contributed by atoms with E-state index in [9.17, 15) is 9.59 Å². The molecular weight excluding hydrogens is 256 g/mol. The quantitative estimate of drug-likeness (QED) is 0.873. The molecule has 0 aliphatic carbocycles. The SMILES string of the molecule is CCC1C(=O)NCCN1C(=O)c1ccnc(N(C)C)c1. The lowest BCUT2D eigenvalue weighted by molar-refractivity contribution is -0.127.